The van der Waals surface area contributed by atoms with Crippen molar-refractivity contribution in [3.8, 4) is 5.75 Å². The Morgan fingerprint density at radius 3 is 2.57 bits per heavy atom. The highest BCUT2D eigenvalue weighted by Crippen LogP contribution is 2.25. The van der Waals surface area contributed by atoms with Gasteiger partial charge in [0.25, 0.3) is 0 Å². The summed E-state index contributed by atoms with van der Waals surface area (Å²) in [5, 5.41) is 2.81. The van der Waals surface area contributed by atoms with Gasteiger partial charge in [0.05, 0.1) is 11.6 Å². The van der Waals surface area contributed by atoms with E-state index in [0.717, 1.165) is 25.0 Å². The highest BCUT2D eigenvalue weighted by Gasteiger charge is 2.01. The summed E-state index contributed by atoms with van der Waals surface area (Å²) >= 11 is 5.64. The highest BCUT2D eigenvalue weighted by molar-refractivity contribution is 14.1. The van der Waals surface area contributed by atoms with Crippen LogP contribution in [0.1, 0.15) is 5.56 Å². The van der Waals surface area contributed by atoms with E-state index in [9.17, 15) is 4.79 Å². The standard InChI is InChI=1S/C16H13BrINO2/c1-21-15-8-2-11(10-14(15)17)3-9-16(20)19-13-6-4-12(18)5-7-13/h2-10H,1H3,(H,19,20)/b9-3+. The summed E-state index contributed by atoms with van der Waals surface area (Å²) in [5.41, 5.74) is 1.70. The molecule has 0 radical (unpaired) electrons. The first-order valence-electron chi connectivity index (χ1n) is 6.16. The minimum absolute atomic E-state index is 0.164. The molecule has 2 aromatic carbocycles. The van der Waals surface area contributed by atoms with Crippen molar-refractivity contribution in [2.75, 3.05) is 12.4 Å². The Morgan fingerprint density at radius 2 is 1.95 bits per heavy atom. The highest BCUT2D eigenvalue weighted by atomic mass is 127. The normalized spacial score (nSPS) is 10.6. The average Bonchev–Trinajstić information content (AvgIpc) is 2.48. The van der Waals surface area contributed by atoms with E-state index >= 15 is 0 Å². The fourth-order valence-electron chi connectivity index (χ4n) is 1.68. The number of hydrogen-bond acceptors (Lipinski definition) is 2. The van der Waals surface area contributed by atoms with Crippen LogP contribution in [0.2, 0.25) is 0 Å². The van der Waals surface area contributed by atoms with Crippen molar-refractivity contribution in [2.24, 2.45) is 0 Å². The zero-order valence-corrected chi connectivity index (χ0v) is 15.0. The summed E-state index contributed by atoms with van der Waals surface area (Å²) in [7, 11) is 1.62. The zero-order valence-electron chi connectivity index (χ0n) is 11.3. The number of ether oxygens (including phenoxy) is 1. The van der Waals surface area contributed by atoms with Crippen molar-refractivity contribution in [3.05, 3.63) is 62.1 Å². The molecule has 0 bridgehead atoms. The molecule has 1 amide bonds. The van der Waals surface area contributed by atoms with Crippen molar-refractivity contribution in [1.29, 1.82) is 0 Å². The number of hydrogen-bond donors (Lipinski definition) is 1. The first-order valence-corrected chi connectivity index (χ1v) is 8.04. The molecule has 0 spiro atoms. The molecule has 0 aliphatic carbocycles. The summed E-state index contributed by atoms with van der Waals surface area (Å²) in [6.07, 6.45) is 3.26. The van der Waals surface area contributed by atoms with E-state index in [4.69, 9.17) is 4.74 Å². The van der Waals surface area contributed by atoms with Gasteiger partial charge in [0.15, 0.2) is 0 Å². The Morgan fingerprint density at radius 1 is 1.24 bits per heavy atom. The lowest BCUT2D eigenvalue weighted by Crippen LogP contribution is -2.07. The number of anilines is 1. The number of halogens is 2. The van der Waals surface area contributed by atoms with Crippen molar-refractivity contribution in [1.82, 2.24) is 0 Å². The van der Waals surface area contributed by atoms with Crippen LogP contribution in [0, 0.1) is 3.57 Å². The number of methoxy groups -OCH3 is 1. The Kier molecular flexibility index (Phi) is 5.81. The molecule has 2 aromatic rings. The van der Waals surface area contributed by atoms with Crippen LogP contribution in [-0.2, 0) is 4.79 Å². The van der Waals surface area contributed by atoms with Crippen molar-refractivity contribution in [3.63, 3.8) is 0 Å². The van der Waals surface area contributed by atoms with E-state index in [0.29, 0.717) is 0 Å². The van der Waals surface area contributed by atoms with Crippen molar-refractivity contribution >= 4 is 56.2 Å². The van der Waals surface area contributed by atoms with E-state index in [-0.39, 0.29) is 5.91 Å². The monoisotopic (exact) mass is 457 g/mol. The smallest absolute Gasteiger partial charge is 0.248 e. The maximum Gasteiger partial charge on any atom is 0.248 e. The fraction of sp³-hybridized carbons (Fsp3) is 0.0625. The SMILES string of the molecule is COc1ccc(/C=C/C(=O)Nc2ccc(I)cc2)cc1Br. The third-order valence-corrected chi connectivity index (χ3v) is 4.05. The Hall–Kier alpha value is -1.34. The second-order valence-electron chi connectivity index (χ2n) is 4.22. The molecule has 0 aliphatic heterocycles. The Bertz CT molecular complexity index is 668. The molecule has 5 heteroatoms. The van der Waals surface area contributed by atoms with E-state index in [2.05, 4.69) is 43.8 Å². The van der Waals surface area contributed by atoms with Gasteiger partial charge in [-0.15, -0.1) is 0 Å². The molecule has 2 rings (SSSR count). The average molecular weight is 458 g/mol. The van der Waals surface area contributed by atoms with Crippen LogP contribution >= 0.6 is 38.5 Å². The fourth-order valence-corrected chi connectivity index (χ4v) is 2.59. The maximum atomic E-state index is 11.8. The summed E-state index contributed by atoms with van der Waals surface area (Å²) in [6, 6.07) is 13.3. The molecule has 0 unspecified atom stereocenters. The topological polar surface area (TPSA) is 38.3 Å². The van der Waals surface area contributed by atoms with Crippen LogP contribution in [0.25, 0.3) is 6.08 Å². The number of rotatable bonds is 4. The first-order chi connectivity index (χ1) is 10.1. The third kappa shape index (κ3) is 4.86. The molecule has 108 valence electrons. The lowest BCUT2D eigenvalue weighted by molar-refractivity contribution is -0.111. The van der Waals surface area contributed by atoms with Gasteiger partial charge in [-0.1, -0.05) is 6.07 Å². The molecular weight excluding hydrogens is 445 g/mol. The maximum absolute atomic E-state index is 11.8. The van der Waals surface area contributed by atoms with Gasteiger partial charge in [0, 0.05) is 15.3 Å². The summed E-state index contributed by atoms with van der Waals surface area (Å²) < 4.78 is 7.14. The van der Waals surface area contributed by atoms with E-state index in [1.807, 2.05) is 42.5 Å². The van der Waals surface area contributed by atoms with Gasteiger partial charge < -0.3 is 10.1 Å². The summed E-state index contributed by atoms with van der Waals surface area (Å²) in [6.45, 7) is 0. The number of amides is 1. The van der Waals surface area contributed by atoms with Gasteiger partial charge >= 0.3 is 0 Å². The molecule has 0 aromatic heterocycles. The van der Waals surface area contributed by atoms with Crippen LogP contribution in [0.5, 0.6) is 5.75 Å². The van der Waals surface area contributed by atoms with Crippen LogP contribution in [-0.4, -0.2) is 13.0 Å². The second-order valence-corrected chi connectivity index (χ2v) is 6.32. The predicted molar refractivity (Wildman–Crippen MR) is 97.5 cm³/mol. The summed E-state index contributed by atoms with van der Waals surface area (Å²) in [5.74, 6) is 0.596. The third-order valence-electron chi connectivity index (χ3n) is 2.71. The second kappa shape index (κ2) is 7.61. The molecule has 0 saturated carbocycles. The van der Waals surface area contributed by atoms with Gasteiger partial charge in [-0.05, 0) is 86.6 Å². The van der Waals surface area contributed by atoms with Crippen LogP contribution in [0.3, 0.4) is 0 Å². The molecular formula is C16H13BrINO2. The largest absolute Gasteiger partial charge is 0.496 e. The minimum atomic E-state index is -0.164. The molecule has 0 saturated heterocycles. The lowest BCUT2D eigenvalue weighted by Gasteiger charge is -2.04. The molecule has 0 aliphatic rings. The van der Waals surface area contributed by atoms with Gasteiger partial charge in [-0.3, -0.25) is 4.79 Å². The summed E-state index contributed by atoms with van der Waals surface area (Å²) in [4.78, 5) is 11.8. The van der Waals surface area contributed by atoms with Gasteiger partial charge in [0.2, 0.25) is 5.91 Å². The molecule has 0 heterocycles. The molecule has 0 atom stereocenters. The van der Waals surface area contributed by atoms with E-state index < -0.39 is 0 Å². The predicted octanol–water partition coefficient (Wildman–Crippen LogP) is 4.71. The van der Waals surface area contributed by atoms with Crippen LogP contribution < -0.4 is 10.1 Å². The van der Waals surface area contributed by atoms with Gasteiger partial charge in [-0.2, -0.15) is 0 Å². The Labute approximate surface area is 145 Å². The number of benzene rings is 2. The number of carbonyl (C=O) groups is 1. The lowest BCUT2D eigenvalue weighted by atomic mass is 10.2. The molecule has 21 heavy (non-hydrogen) atoms. The number of nitrogens with one attached hydrogen (secondary N) is 1. The van der Waals surface area contributed by atoms with Gasteiger partial charge in [0.1, 0.15) is 5.75 Å². The van der Waals surface area contributed by atoms with Crippen LogP contribution in [0.15, 0.2) is 53.0 Å². The molecule has 0 fully saturated rings. The van der Waals surface area contributed by atoms with Crippen molar-refractivity contribution < 1.29 is 9.53 Å². The molecule has 3 nitrogen and oxygen atoms in total. The number of carbonyl (C=O) groups excluding carboxylic acids is 1. The van der Waals surface area contributed by atoms with Crippen LogP contribution in [0.4, 0.5) is 5.69 Å². The minimum Gasteiger partial charge on any atom is -0.496 e. The van der Waals surface area contributed by atoms with E-state index in [1.54, 1.807) is 13.2 Å². The van der Waals surface area contributed by atoms with Crippen molar-refractivity contribution in [2.45, 2.75) is 0 Å². The molecule has 1 N–H and O–H groups in total. The quantitative estimate of drug-likeness (QED) is 0.533. The Balaban J connectivity index is 2.01. The van der Waals surface area contributed by atoms with E-state index in [1.165, 1.54) is 6.08 Å². The first kappa shape index (κ1) is 16.0. The van der Waals surface area contributed by atoms with Gasteiger partial charge in [-0.25, -0.2) is 0 Å². The zero-order chi connectivity index (χ0) is 15.2.